The summed E-state index contributed by atoms with van der Waals surface area (Å²) in [6, 6.07) is 9.88. The lowest BCUT2D eigenvalue weighted by Gasteiger charge is -2.02. The zero-order chi connectivity index (χ0) is 11.8. The van der Waals surface area contributed by atoms with Crippen LogP contribution in [0.4, 0.5) is 0 Å². The Morgan fingerprint density at radius 3 is 2.76 bits per heavy atom. The van der Waals surface area contributed by atoms with Crippen LogP contribution in [-0.2, 0) is 0 Å². The van der Waals surface area contributed by atoms with Gasteiger partial charge in [0, 0.05) is 18.0 Å². The van der Waals surface area contributed by atoms with Crippen LogP contribution in [0.1, 0.15) is 0 Å². The fourth-order valence-electron chi connectivity index (χ4n) is 1.79. The minimum atomic E-state index is -0.171. The molecule has 0 saturated carbocycles. The lowest BCUT2D eigenvalue weighted by atomic mass is 10.1. The van der Waals surface area contributed by atoms with Crippen LogP contribution in [0.2, 0.25) is 0 Å². The van der Waals surface area contributed by atoms with E-state index in [4.69, 9.17) is 0 Å². The molecule has 5 heteroatoms. The van der Waals surface area contributed by atoms with E-state index in [0.717, 1.165) is 14.8 Å². The molecule has 3 aromatic rings. The van der Waals surface area contributed by atoms with Gasteiger partial charge in [-0.25, -0.2) is 14.2 Å². The minimum Gasteiger partial charge on any atom is -0.313 e. The Hall–Kier alpha value is -1.63. The largest absolute Gasteiger partial charge is 0.331 e. The number of aromatic amines is 1. The van der Waals surface area contributed by atoms with Crippen molar-refractivity contribution in [2.45, 2.75) is 0 Å². The number of fused-ring (bicyclic) bond motifs is 1. The molecule has 0 unspecified atom stereocenters. The number of aromatic nitrogens is 3. The van der Waals surface area contributed by atoms with Gasteiger partial charge in [0.1, 0.15) is 3.70 Å². The maximum Gasteiger partial charge on any atom is 0.331 e. The number of rotatable bonds is 1. The molecular formula is C12H8IN3O. The Balaban J connectivity index is 2.38. The van der Waals surface area contributed by atoms with Gasteiger partial charge in [-0.3, -0.25) is 0 Å². The van der Waals surface area contributed by atoms with Gasteiger partial charge in [0.15, 0.2) is 5.65 Å². The number of hydrogen-bond acceptors (Lipinski definition) is 2. The second-order valence-corrected chi connectivity index (χ2v) is 4.74. The second kappa shape index (κ2) is 3.99. The van der Waals surface area contributed by atoms with Crippen molar-refractivity contribution in [3.63, 3.8) is 0 Å². The zero-order valence-electron chi connectivity index (χ0n) is 8.72. The molecule has 0 fully saturated rings. The molecule has 2 heterocycles. The van der Waals surface area contributed by atoms with Crippen LogP contribution in [0, 0.1) is 3.70 Å². The van der Waals surface area contributed by atoms with Crippen LogP contribution in [0.15, 0.2) is 47.5 Å². The van der Waals surface area contributed by atoms with Crippen LogP contribution in [0.5, 0.6) is 0 Å². The molecular weight excluding hydrogens is 329 g/mol. The quantitative estimate of drug-likeness (QED) is 0.693. The van der Waals surface area contributed by atoms with E-state index in [1.165, 1.54) is 4.40 Å². The predicted octanol–water partition coefficient (Wildman–Crippen LogP) is 2.29. The monoisotopic (exact) mass is 337 g/mol. The average Bonchev–Trinajstić information content (AvgIpc) is 2.73. The third-order valence-corrected chi connectivity index (χ3v) is 3.08. The van der Waals surface area contributed by atoms with Crippen LogP contribution >= 0.6 is 22.6 Å². The highest BCUT2D eigenvalue weighted by atomic mass is 127. The molecule has 3 rings (SSSR count). The van der Waals surface area contributed by atoms with Gasteiger partial charge < -0.3 is 4.98 Å². The second-order valence-electron chi connectivity index (χ2n) is 3.63. The van der Waals surface area contributed by atoms with E-state index in [-0.39, 0.29) is 5.69 Å². The van der Waals surface area contributed by atoms with E-state index in [0.29, 0.717) is 5.65 Å². The molecule has 0 aliphatic carbocycles. The summed E-state index contributed by atoms with van der Waals surface area (Å²) in [5, 5.41) is 0. The number of hydrogen-bond donors (Lipinski definition) is 1. The van der Waals surface area contributed by atoms with Gasteiger partial charge in [0.2, 0.25) is 0 Å². The molecule has 17 heavy (non-hydrogen) atoms. The van der Waals surface area contributed by atoms with Crippen molar-refractivity contribution in [3.05, 3.63) is 56.9 Å². The molecule has 1 aromatic carbocycles. The first-order valence-corrected chi connectivity index (χ1v) is 6.15. The number of H-pyrrole nitrogens is 1. The van der Waals surface area contributed by atoms with Gasteiger partial charge in [-0.1, -0.05) is 30.3 Å². The van der Waals surface area contributed by atoms with Crippen LogP contribution in [-0.4, -0.2) is 14.4 Å². The zero-order valence-corrected chi connectivity index (χ0v) is 10.9. The lowest BCUT2D eigenvalue weighted by Crippen LogP contribution is -2.15. The lowest BCUT2D eigenvalue weighted by molar-refractivity contribution is 1.00. The summed E-state index contributed by atoms with van der Waals surface area (Å²) < 4.78 is 2.33. The van der Waals surface area contributed by atoms with Gasteiger partial charge in [0.25, 0.3) is 0 Å². The smallest absolute Gasteiger partial charge is 0.313 e. The van der Waals surface area contributed by atoms with Crippen LogP contribution in [0.3, 0.4) is 0 Å². The highest BCUT2D eigenvalue weighted by molar-refractivity contribution is 14.1. The van der Waals surface area contributed by atoms with Gasteiger partial charge in [-0.15, -0.1) is 0 Å². The van der Waals surface area contributed by atoms with E-state index in [1.54, 1.807) is 12.4 Å². The molecule has 1 N–H and O–H groups in total. The van der Waals surface area contributed by atoms with Gasteiger partial charge in [-0.2, -0.15) is 0 Å². The Morgan fingerprint density at radius 1 is 1.24 bits per heavy atom. The fourth-order valence-corrected chi connectivity index (χ4v) is 2.30. The standard InChI is InChI=1S/C12H8IN3O/c13-10-7-16-11(15-10)9(6-14-12(16)17)8-4-2-1-3-5-8/h1-7H,(H,14,17). The fraction of sp³-hybridized carbons (Fsp3) is 0. The third-order valence-electron chi connectivity index (χ3n) is 2.56. The Kier molecular flexibility index (Phi) is 2.47. The van der Waals surface area contributed by atoms with Crippen molar-refractivity contribution in [2.75, 3.05) is 0 Å². The highest BCUT2D eigenvalue weighted by Gasteiger charge is 2.09. The van der Waals surface area contributed by atoms with Crippen LogP contribution < -0.4 is 5.69 Å². The normalized spacial score (nSPS) is 10.9. The number of benzene rings is 1. The Labute approximate surface area is 110 Å². The Morgan fingerprint density at radius 2 is 2.00 bits per heavy atom. The number of nitrogens with zero attached hydrogens (tertiary/aromatic N) is 2. The Bertz CT molecular complexity index is 730. The number of halogens is 1. The van der Waals surface area contributed by atoms with E-state index < -0.39 is 0 Å². The van der Waals surface area contributed by atoms with Crippen LogP contribution in [0.25, 0.3) is 16.8 Å². The topological polar surface area (TPSA) is 50.2 Å². The van der Waals surface area contributed by atoms with Crippen molar-refractivity contribution in [1.29, 1.82) is 0 Å². The molecule has 84 valence electrons. The first kappa shape index (κ1) is 10.5. The van der Waals surface area contributed by atoms with Gasteiger partial charge >= 0.3 is 5.69 Å². The highest BCUT2D eigenvalue weighted by Crippen LogP contribution is 2.22. The summed E-state index contributed by atoms with van der Waals surface area (Å²) in [6.07, 6.45) is 3.43. The van der Waals surface area contributed by atoms with Crippen molar-refractivity contribution in [2.24, 2.45) is 0 Å². The maximum atomic E-state index is 11.6. The molecule has 0 aliphatic heterocycles. The maximum absolute atomic E-state index is 11.6. The molecule has 0 aliphatic rings. The minimum absolute atomic E-state index is 0.171. The van der Waals surface area contributed by atoms with Crippen molar-refractivity contribution < 1.29 is 0 Å². The third kappa shape index (κ3) is 1.76. The van der Waals surface area contributed by atoms with Gasteiger partial charge in [-0.05, 0) is 28.2 Å². The van der Waals surface area contributed by atoms with Crippen molar-refractivity contribution in [1.82, 2.24) is 14.4 Å². The first-order valence-electron chi connectivity index (χ1n) is 5.07. The van der Waals surface area contributed by atoms with E-state index in [9.17, 15) is 4.79 Å². The average molecular weight is 337 g/mol. The van der Waals surface area contributed by atoms with E-state index >= 15 is 0 Å². The SMILES string of the molecule is O=c1[nH]cc(-c2ccccc2)c2nc(I)cn12. The first-order chi connectivity index (χ1) is 8.25. The molecule has 2 aromatic heterocycles. The van der Waals surface area contributed by atoms with Crippen molar-refractivity contribution in [3.8, 4) is 11.1 Å². The molecule has 0 spiro atoms. The summed E-state index contributed by atoms with van der Waals surface area (Å²) in [5.41, 5.74) is 2.48. The summed E-state index contributed by atoms with van der Waals surface area (Å²) in [7, 11) is 0. The summed E-state index contributed by atoms with van der Waals surface area (Å²) in [5.74, 6) is 0. The number of nitrogens with one attached hydrogen (secondary N) is 1. The predicted molar refractivity (Wildman–Crippen MR) is 74.0 cm³/mol. The molecule has 0 atom stereocenters. The molecule has 0 radical (unpaired) electrons. The summed E-state index contributed by atoms with van der Waals surface area (Å²) >= 11 is 2.10. The van der Waals surface area contributed by atoms with Gasteiger partial charge in [0.05, 0.1) is 0 Å². The van der Waals surface area contributed by atoms with E-state index in [2.05, 4.69) is 32.6 Å². The molecule has 4 nitrogen and oxygen atoms in total. The molecule has 0 amide bonds. The molecule has 0 bridgehead atoms. The number of imidazole rings is 1. The van der Waals surface area contributed by atoms with Crippen molar-refractivity contribution >= 4 is 28.2 Å². The summed E-state index contributed by atoms with van der Waals surface area (Å²) in [4.78, 5) is 18.7. The summed E-state index contributed by atoms with van der Waals surface area (Å²) in [6.45, 7) is 0. The molecule has 0 saturated heterocycles. The van der Waals surface area contributed by atoms with E-state index in [1.807, 2.05) is 30.3 Å².